The van der Waals surface area contributed by atoms with Gasteiger partial charge in [-0.15, -0.1) is 11.3 Å². The van der Waals surface area contributed by atoms with E-state index in [1.54, 1.807) is 11.4 Å². The molecule has 138 valence electrons. The summed E-state index contributed by atoms with van der Waals surface area (Å²) in [5.74, 6) is -1.63. The van der Waals surface area contributed by atoms with Crippen LogP contribution in [0, 0.1) is 0 Å². The Balaban J connectivity index is 1.83. The Bertz CT molecular complexity index is 911. The lowest BCUT2D eigenvalue weighted by atomic mass is 10.1. The zero-order valence-electron chi connectivity index (χ0n) is 13.5. The predicted molar refractivity (Wildman–Crippen MR) is 94.8 cm³/mol. The summed E-state index contributed by atoms with van der Waals surface area (Å²) in [6.07, 6.45) is 0. The first-order valence-corrected chi connectivity index (χ1v) is 10.0. The third kappa shape index (κ3) is 3.87. The van der Waals surface area contributed by atoms with E-state index < -0.39 is 27.9 Å². The van der Waals surface area contributed by atoms with Gasteiger partial charge in [-0.2, -0.15) is 0 Å². The number of nitrogens with one attached hydrogen (secondary N) is 1. The van der Waals surface area contributed by atoms with E-state index in [0.717, 1.165) is 11.3 Å². The molecule has 0 aliphatic carbocycles. The number of nitrogens with zero attached hydrogens (tertiary/aromatic N) is 1. The van der Waals surface area contributed by atoms with E-state index in [9.17, 15) is 23.1 Å². The summed E-state index contributed by atoms with van der Waals surface area (Å²) < 4.78 is 32.3. The smallest absolute Gasteiger partial charge is 0.328 e. The molecule has 1 unspecified atom stereocenters. The molecule has 8 nitrogen and oxygen atoms in total. The second-order valence-corrected chi connectivity index (χ2v) is 8.40. The number of carbonyl (C=O) groups excluding carboxylic acids is 1. The van der Waals surface area contributed by atoms with Crippen LogP contribution in [0.1, 0.15) is 10.4 Å². The molecule has 1 aliphatic heterocycles. The van der Waals surface area contributed by atoms with Gasteiger partial charge in [0.1, 0.15) is 4.21 Å². The van der Waals surface area contributed by atoms with Crippen LogP contribution < -0.4 is 4.72 Å². The van der Waals surface area contributed by atoms with E-state index >= 15 is 0 Å². The van der Waals surface area contributed by atoms with Crippen molar-refractivity contribution in [2.75, 3.05) is 24.5 Å². The van der Waals surface area contributed by atoms with E-state index in [0.29, 0.717) is 0 Å². The Morgan fingerprint density at radius 2 is 2.08 bits per heavy atom. The quantitative estimate of drug-likeness (QED) is 0.791. The number of morpholine rings is 1. The molecule has 2 aromatic rings. The standard InChI is InChI=1S/C16H16N2O6S2/c19-15(18-6-7-24-10-13(18)16(20)21)11-3-1-4-12(9-11)17-26(22,23)14-5-2-8-25-14/h1-5,8-9,13,17H,6-7,10H2,(H,20,21). The third-order valence-corrected chi connectivity index (χ3v) is 6.57. The molecule has 0 bridgehead atoms. The predicted octanol–water partition coefficient (Wildman–Crippen LogP) is 1.47. The van der Waals surface area contributed by atoms with Crippen molar-refractivity contribution in [3.05, 3.63) is 47.3 Å². The number of anilines is 1. The third-order valence-electron chi connectivity index (χ3n) is 3.80. The summed E-state index contributed by atoms with van der Waals surface area (Å²) in [7, 11) is -3.73. The highest BCUT2D eigenvalue weighted by molar-refractivity contribution is 7.94. The minimum absolute atomic E-state index is 0.0776. The van der Waals surface area contributed by atoms with E-state index in [4.69, 9.17) is 4.74 Å². The van der Waals surface area contributed by atoms with Crippen molar-refractivity contribution in [3.8, 4) is 0 Å². The van der Waals surface area contributed by atoms with Crippen molar-refractivity contribution in [1.29, 1.82) is 0 Å². The Kier molecular flexibility index (Phi) is 5.25. The number of thiophene rings is 1. The van der Waals surface area contributed by atoms with Gasteiger partial charge in [0, 0.05) is 17.8 Å². The van der Waals surface area contributed by atoms with Gasteiger partial charge in [0.25, 0.3) is 15.9 Å². The first-order valence-electron chi connectivity index (χ1n) is 7.66. The highest BCUT2D eigenvalue weighted by atomic mass is 32.2. The summed E-state index contributed by atoms with van der Waals surface area (Å²) in [5, 5.41) is 10.9. The normalized spacial score (nSPS) is 17.7. The number of carboxylic acids is 1. The lowest BCUT2D eigenvalue weighted by Crippen LogP contribution is -2.52. The number of hydrogen-bond donors (Lipinski definition) is 2. The van der Waals surface area contributed by atoms with Crippen molar-refractivity contribution >= 4 is 38.9 Å². The van der Waals surface area contributed by atoms with Gasteiger partial charge >= 0.3 is 5.97 Å². The van der Waals surface area contributed by atoms with Crippen LogP contribution >= 0.6 is 11.3 Å². The summed E-state index contributed by atoms with van der Waals surface area (Å²) in [4.78, 5) is 25.2. The zero-order chi connectivity index (χ0) is 18.7. The second-order valence-electron chi connectivity index (χ2n) is 5.55. The molecule has 1 aromatic heterocycles. The number of aliphatic carboxylic acids is 1. The maximum absolute atomic E-state index is 12.7. The van der Waals surface area contributed by atoms with Crippen LogP contribution in [0.15, 0.2) is 46.0 Å². The minimum atomic E-state index is -3.73. The molecule has 1 saturated heterocycles. The fraction of sp³-hybridized carbons (Fsp3) is 0.250. The van der Waals surface area contributed by atoms with Crippen molar-refractivity contribution in [3.63, 3.8) is 0 Å². The number of carboxylic acid groups (broad SMARTS) is 1. The van der Waals surface area contributed by atoms with Gasteiger partial charge < -0.3 is 14.7 Å². The highest BCUT2D eigenvalue weighted by Gasteiger charge is 2.33. The molecule has 0 spiro atoms. The summed E-state index contributed by atoms with van der Waals surface area (Å²) in [5.41, 5.74) is 0.425. The van der Waals surface area contributed by atoms with Gasteiger partial charge in [0.15, 0.2) is 6.04 Å². The highest BCUT2D eigenvalue weighted by Crippen LogP contribution is 2.22. The topological polar surface area (TPSA) is 113 Å². The molecule has 26 heavy (non-hydrogen) atoms. The number of amides is 1. The second kappa shape index (κ2) is 7.44. The number of carbonyl (C=O) groups is 2. The first-order chi connectivity index (χ1) is 12.4. The minimum Gasteiger partial charge on any atom is -0.480 e. The van der Waals surface area contributed by atoms with E-state index in [1.807, 2.05) is 0 Å². The molecule has 10 heteroatoms. The fourth-order valence-electron chi connectivity index (χ4n) is 2.55. The van der Waals surface area contributed by atoms with Crippen molar-refractivity contribution in [2.45, 2.75) is 10.3 Å². The number of benzene rings is 1. The van der Waals surface area contributed by atoms with Crippen molar-refractivity contribution < 1.29 is 27.9 Å². The molecule has 1 atom stereocenters. The molecule has 1 aromatic carbocycles. The molecule has 2 N–H and O–H groups in total. The SMILES string of the molecule is O=C(O)C1COCCN1C(=O)c1cccc(NS(=O)(=O)c2cccs2)c1. The number of hydrogen-bond acceptors (Lipinski definition) is 6. The van der Waals surface area contributed by atoms with Gasteiger partial charge in [0.05, 0.1) is 13.2 Å². The first kappa shape index (κ1) is 18.4. The van der Waals surface area contributed by atoms with Crippen LogP contribution in [0.4, 0.5) is 5.69 Å². The number of ether oxygens (including phenoxy) is 1. The Labute approximate surface area is 154 Å². The van der Waals surface area contributed by atoms with E-state index in [-0.39, 0.29) is 35.2 Å². The molecule has 1 fully saturated rings. The molecule has 1 amide bonds. The van der Waals surface area contributed by atoms with E-state index in [2.05, 4.69) is 4.72 Å². The largest absolute Gasteiger partial charge is 0.480 e. The Hall–Kier alpha value is -2.43. The lowest BCUT2D eigenvalue weighted by Gasteiger charge is -2.32. The van der Waals surface area contributed by atoms with Gasteiger partial charge in [-0.05, 0) is 29.6 Å². The monoisotopic (exact) mass is 396 g/mol. The van der Waals surface area contributed by atoms with Crippen LogP contribution in [0.5, 0.6) is 0 Å². The lowest BCUT2D eigenvalue weighted by molar-refractivity contribution is -0.147. The van der Waals surface area contributed by atoms with Gasteiger partial charge in [-0.25, -0.2) is 13.2 Å². The van der Waals surface area contributed by atoms with Gasteiger partial charge in [0.2, 0.25) is 0 Å². The fourth-order valence-corrected chi connectivity index (χ4v) is 4.60. The Morgan fingerprint density at radius 3 is 2.77 bits per heavy atom. The number of rotatable bonds is 5. The van der Waals surface area contributed by atoms with Crippen LogP contribution in [0.25, 0.3) is 0 Å². The summed E-state index contributed by atoms with van der Waals surface area (Å²) in [6.45, 7) is 0.326. The zero-order valence-corrected chi connectivity index (χ0v) is 15.1. The molecule has 0 radical (unpaired) electrons. The van der Waals surface area contributed by atoms with Crippen molar-refractivity contribution in [2.24, 2.45) is 0 Å². The van der Waals surface area contributed by atoms with Crippen LogP contribution in [-0.2, 0) is 19.6 Å². The van der Waals surface area contributed by atoms with Crippen LogP contribution in [0.3, 0.4) is 0 Å². The molecular formula is C16H16N2O6S2. The average Bonchev–Trinajstić information content (AvgIpc) is 3.16. The van der Waals surface area contributed by atoms with Gasteiger partial charge in [-0.1, -0.05) is 12.1 Å². The molecular weight excluding hydrogens is 380 g/mol. The molecule has 3 rings (SSSR count). The van der Waals surface area contributed by atoms with Crippen molar-refractivity contribution in [1.82, 2.24) is 4.90 Å². The van der Waals surface area contributed by atoms with Crippen LogP contribution in [0.2, 0.25) is 0 Å². The average molecular weight is 396 g/mol. The summed E-state index contributed by atoms with van der Waals surface area (Å²) in [6, 6.07) is 8.01. The molecule has 0 saturated carbocycles. The Morgan fingerprint density at radius 1 is 1.27 bits per heavy atom. The number of sulfonamides is 1. The van der Waals surface area contributed by atoms with E-state index in [1.165, 1.54) is 35.2 Å². The maximum atomic E-state index is 12.7. The molecule has 1 aliphatic rings. The maximum Gasteiger partial charge on any atom is 0.328 e. The van der Waals surface area contributed by atoms with Gasteiger partial charge in [-0.3, -0.25) is 9.52 Å². The summed E-state index contributed by atoms with van der Waals surface area (Å²) >= 11 is 1.08. The van der Waals surface area contributed by atoms with Crippen LogP contribution in [-0.4, -0.2) is 56.1 Å². The molecule has 2 heterocycles.